The summed E-state index contributed by atoms with van der Waals surface area (Å²) in [6, 6.07) is 11.1. The lowest BCUT2D eigenvalue weighted by molar-refractivity contribution is 0.609. The van der Waals surface area contributed by atoms with E-state index in [0.29, 0.717) is 12.6 Å². The molecule has 1 saturated carbocycles. The monoisotopic (exact) mass is 507 g/mol. The van der Waals surface area contributed by atoms with Crippen molar-refractivity contribution < 1.29 is 0 Å². The molecule has 8 heteroatoms. The molecule has 1 aliphatic carbocycles. The third-order valence-electron chi connectivity index (χ3n) is 5.53. The molecule has 29 heavy (non-hydrogen) atoms. The summed E-state index contributed by atoms with van der Waals surface area (Å²) in [5.74, 6) is 2.64. The number of guanidine groups is 1. The fourth-order valence-corrected chi connectivity index (χ4v) is 3.74. The summed E-state index contributed by atoms with van der Waals surface area (Å²) < 4.78 is 1.99. The zero-order valence-corrected chi connectivity index (χ0v) is 19.4. The summed E-state index contributed by atoms with van der Waals surface area (Å²) in [6.07, 6.45) is 5.94. The number of rotatable bonds is 6. The minimum Gasteiger partial charge on any atom is -0.358 e. The Morgan fingerprint density at radius 3 is 2.76 bits per heavy atom. The van der Waals surface area contributed by atoms with Crippen molar-refractivity contribution >= 4 is 40.8 Å². The van der Waals surface area contributed by atoms with Crippen LogP contribution in [0.5, 0.6) is 0 Å². The van der Waals surface area contributed by atoms with E-state index in [1.165, 1.54) is 42.3 Å². The molecule has 0 aliphatic heterocycles. The first-order chi connectivity index (χ1) is 13.7. The largest absolute Gasteiger partial charge is 0.358 e. The van der Waals surface area contributed by atoms with E-state index < -0.39 is 0 Å². The van der Waals surface area contributed by atoms with Gasteiger partial charge in [0.2, 0.25) is 0 Å². The Bertz CT molecular complexity index is 920. The average Bonchev–Trinajstić information content (AvgIpc) is 3.42. The number of benzene rings is 1. The van der Waals surface area contributed by atoms with Gasteiger partial charge in [-0.25, -0.2) is 4.99 Å². The summed E-state index contributed by atoms with van der Waals surface area (Å²) >= 11 is 0. The van der Waals surface area contributed by atoms with Crippen LogP contribution in [0.25, 0.3) is 10.9 Å². The molecule has 0 saturated heterocycles. The molecule has 1 fully saturated rings. The number of aliphatic imine (C=N–C) groups is 1. The van der Waals surface area contributed by atoms with Gasteiger partial charge in [0, 0.05) is 37.3 Å². The zero-order valence-electron chi connectivity index (χ0n) is 17.1. The van der Waals surface area contributed by atoms with Gasteiger partial charge in [0.15, 0.2) is 11.8 Å². The number of fused-ring (bicyclic) bond motifs is 1. The second-order valence-corrected chi connectivity index (χ2v) is 7.57. The van der Waals surface area contributed by atoms with E-state index in [4.69, 9.17) is 4.99 Å². The van der Waals surface area contributed by atoms with E-state index in [9.17, 15) is 0 Å². The van der Waals surface area contributed by atoms with Crippen molar-refractivity contribution in [3.8, 4) is 0 Å². The summed E-state index contributed by atoms with van der Waals surface area (Å²) in [5, 5.41) is 16.7. The highest BCUT2D eigenvalue weighted by molar-refractivity contribution is 14.0. The van der Waals surface area contributed by atoms with Gasteiger partial charge in [0.1, 0.15) is 12.4 Å². The Balaban J connectivity index is 0.00000240. The van der Waals surface area contributed by atoms with Crippen LogP contribution in [0.15, 0.2) is 35.3 Å². The number of aromatic nitrogens is 4. The lowest BCUT2D eigenvalue weighted by atomic mass is 10.2. The first kappa shape index (κ1) is 21.6. The van der Waals surface area contributed by atoms with Crippen LogP contribution in [0.3, 0.4) is 0 Å². The van der Waals surface area contributed by atoms with E-state index >= 15 is 0 Å². The Morgan fingerprint density at radius 1 is 1.24 bits per heavy atom. The SMILES string of the molecule is Cc1nnc(CN=C(NCCc2cc3ccccc3[nH]2)NC2CCCC2)n1C.I. The van der Waals surface area contributed by atoms with Crippen LogP contribution in [0.4, 0.5) is 0 Å². The van der Waals surface area contributed by atoms with Gasteiger partial charge < -0.3 is 20.2 Å². The van der Waals surface area contributed by atoms with Crippen LogP contribution in [0.2, 0.25) is 0 Å². The topological polar surface area (TPSA) is 82.9 Å². The predicted octanol–water partition coefficient (Wildman–Crippen LogP) is 3.44. The highest BCUT2D eigenvalue weighted by Crippen LogP contribution is 2.17. The Kier molecular flexibility index (Phi) is 7.51. The number of H-pyrrole nitrogens is 1. The third-order valence-corrected chi connectivity index (χ3v) is 5.53. The molecule has 3 N–H and O–H groups in total. The molecule has 2 aromatic heterocycles. The number of aromatic amines is 1. The Morgan fingerprint density at radius 2 is 2.03 bits per heavy atom. The molecule has 7 nitrogen and oxygen atoms in total. The lowest BCUT2D eigenvalue weighted by Gasteiger charge is -2.17. The first-order valence-electron chi connectivity index (χ1n) is 10.2. The molecule has 1 aliphatic rings. The van der Waals surface area contributed by atoms with E-state index in [0.717, 1.165) is 30.6 Å². The van der Waals surface area contributed by atoms with Gasteiger partial charge in [-0.3, -0.25) is 0 Å². The molecule has 0 bridgehead atoms. The van der Waals surface area contributed by atoms with Gasteiger partial charge >= 0.3 is 0 Å². The van der Waals surface area contributed by atoms with Crippen LogP contribution in [-0.2, 0) is 20.0 Å². The summed E-state index contributed by atoms with van der Waals surface area (Å²) in [5.41, 5.74) is 2.42. The minimum atomic E-state index is 0. The molecular formula is C21H30IN7. The molecule has 156 valence electrons. The van der Waals surface area contributed by atoms with Crippen molar-refractivity contribution in [2.45, 2.75) is 51.6 Å². The molecular weight excluding hydrogens is 477 g/mol. The van der Waals surface area contributed by atoms with Crippen molar-refractivity contribution in [1.82, 2.24) is 30.4 Å². The number of nitrogens with one attached hydrogen (secondary N) is 3. The van der Waals surface area contributed by atoms with Crippen molar-refractivity contribution in [3.63, 3.8) is 0 Å². The average molecular weight is 507 g/mol. The number of para-hydroxylation sites is 1. The van der Waals surface area contributed by atoms with Crippen LogP contribution in [0, 0.1) is 6.92 Å². The molecule has 1 aromatic carbocycles. The van der Waals surface area contributed by atoms with Crippen molar-refractivity contribution in [2.24, 2.45) is 12.0 Å². The fraction of sp³-hybridized carbons (Fsp3) is 0.476. The Labute approximate surface area is 188 Å². The number of aryl methyl sites for hydroxylation is 1. The second kappa shape index (κ2) is 10.1. The highest BCUT2D eigenvalue weighted by atomic mass is 127. The highest BCUT2D eigenvalue weighted by Gasteiger charge is 2.16. The molecule has 0 atom stereocenters. The van der Waals surface area contributed by atoms with E-state index in [-0.39, 0.29) is 24.0 Å². The number of hydrogen-bond donors (Lipinski definition) is 3. The van der Waals surface area contributed by atoms with Crippen molar-refractivity contribution in [3.05, 3.63) is 47.7 Å². The molecule has 0 amide bonds. The zero-order chi connectivity index (χ0) is 19.3. The first-order valence-corrected chi connectivity index (χ1v) is 10.2. The maximum Gasteiger partial charge on any atom is 0.191 e. The molecule has 3 aromatic rings. The van der Waals surface area contributed by atoms with E-state index in [2.05, 4.69) is 56.1 Å². The molecule has 0 radical (unpaired) electrons. The van der Waals surface area contributed by atoms with Crippen LogP contribution in [-0.4, -0.2) is 38.3 Å². The van der Waals surface area contributed by atoms with Gasteiger partial charge in [-0.05, 0) is 37.3 Å². The minimum absolute atomic E-state index is 0. The molecule has 4 rings (SSSR count). The van der Waals surface area contributed by atoms with E-state index in [1.54, 1.807) is 0 Å². The van der Waals surface area contributed by atoms with Crippen molar-refractivity contribution in [2.75, 3.05) is 6.54 Å². The fourth-order valence-electron chi connectivity index (χ4n) is 3.74. The van der Waals surface area contributed by atoms with Crippen LogP contribution in [0.1, 0.15) is 43.0 Å². The standard InChI is InChI=1S/C21H29N7.HI/c1-15-26-27-20(28(15)2)14-23-21(25-17-8-4-5-9-17)22-12-11-18-13-16-7-3-6-10-19(16)24-18;/h3,6-7,10,13,17,24H,4-5,8-9,11-12,14H2,1-2H3,(H2,22,23,25);1H. The van der Waals surface area contributed by atoms with Gasteiger partial charge in [-0.2, -0.15) is 0 Å². The maximum atomic E-state index is 4.77. The Hall–Kier alpha value is -2.10. The quantitative estimate of drug-likeness (QED) is 0.271. The third kappa shape index (κ3) is 5.49. The molecule has 0 unspecified atom stereocenters. The van der Waals surface area contributed by atoms with Gasteiger partial charge in [-0.15, -0.1) is 34.2 Å². The second-order valence-electron chi connectivity index (χ2n) is 7.57. The lowest BCUT2D eigenvalue weighted by Crippen LogP contribution is -2.43. The normalized spacial score (nSPS) is 14.9. The number of halogens is 1. The number of nitrogens with zero attached hydrogens (tertiary/aromatic N) is 4. The number of hydrogen-bond acceptors (Lipinski definition) is 3. The van der Waals surface area contributed by atoms with Crippen LogP contribution < -0.4 is 10.6 Å². The molecule has 0 spiro atoms. The van der Waals surface area contributed by atoms with Gasteiger partial charge in [-0.1, -0.05) is 31.0 Å². The van der Waals surface area contributed by atoms with Crippen molar-refractivity contribution in [1.29, 1.82) is 0 Å². The van der Waals surface area contributed by atoms with Gasteiger partial charge in [0.25, 0.3) is 0 Å². The molecule has 2 heterocycles. The van der Waals surface area contributed by atoms with Gasteiger partial charge in [0.05, 0.1) is 0 Å². The smallest absolute Gasteiger partial charge is 0.191 e. The predicted molar refractivity (Wildman–Crippen MR) is 128 cm³/mol. The maximum absolute atomic E-state index is 4.77. The summed E-state index contributed by atoms with van der Waals surface area (Å²) in [7, 11) is 1.98. The van der Waals surface area contributed by atoms with Crippen LogP contribution >= 0.6 is 24.0 Å². The summed E-state index contributed by atoms with van der Waals surface area (Å²) in [4.78, 5) is 8.26. The summed E-state index contributed by atoms with van der Waals surface area (Å²) in [6.45, 7) is 3.30. The van der Waals surface area contributed by atoms with E-state index in [1.807, 2.05) is 18.5 Å².